The van der Waals surface area contributed by atoms with Gasteiger partial charge in [0.2, 0.25) is 11.8 Å². The highest BCUT2D eigenvalue weighted by Crippen LogP contribution is 2.29. The van der Waals surface area contributed by atoms with E-state index >= 15 is 0 Å². The lowest BCUT2D eigenvalue weighted by atomic mass is 9.95. The van der Waals surface area contributed by atoms with Gasteiger partial charge in [0.1, 0.15) is 11.4 Å². The fourth-order valence-corrected chi connectivity index (χ4v) is 8.19. The number of nitrogens with zero attached hydrogens (tertiary/aromatic N) is 1. The summed E-state index contributed by atoms with van der Waals surface area (Å²) < 4.78 is 0. The first-order valence-corrected chi connectivity index (χ1v) is 23.5. The van der Waals surface area contributed by atoms with Crippen molar-refractivity contribution in [3.63, 3.8) is 0 Å². The number of allylic oxidation sites excluding steroid dienone is 3. The van der Waals surface area contributed by atoms with E-state index in [0.29, 0.717) is 12.8 Å². The first-order chi connectivity index (χ1) is 27.0. The summed E-state index contributed by atoms with van der Waals surface area (Å²) in [5.41, 5.74) is 6.10. The molecule has 1 aliphatic carbocycles. The first kappa shape index (κ1) is 46.6. The summed E-state index contributed by atoms with van der Waals surface area (Å²) in [6.07, 6.45) is 49.1. The van der Waals surface area contributed by atoms with Crippen molar-refractivity contribution < 1.29 is 14.5 Å². The molecule has 2 amide bonds. The maximum Gasteiger partial charge on any atom is 0.246 e. The van der Waals surface area contributed by atoms with Gasteiger partial charge in [0, 0.05) is 41.8 Å². The van der Waals surface area contributed by atoms with Crippen LogP contribution in [0.4, 0.5) is 11.4 Å². The van der Waals surface area contributed by atoms with Crippen molar-refractivity contribution in [1.29, 1.82) is 0 Å². The van der Waals surface area contributed by atoms with Crippen LogP contribution in [-0.4, -0.2) is 24.6 Å². The van der Waals surface area contributed by atoms with Crippen molar-refractivity contribution in [2.24, 2.45) is 4.99 Å². The summed E-state index contributed by atoms with van der Waals surface area (Å²) in [6, 6.07) is 6.21. The molecule has 0 saturated carbocycles. The number of likely N-dealkylation sites (N-methyl/N-ethyl adjacent to an activating group) is 1. The van der Waals surface area contributed by atoms with E-state index in [1.165, 1.54) is 167 Å². The number of carbonyl (C=O) groups is 2. The third-order valence-corrected chi connectivity index (χ3v) is 11.7. The second-order valence-electron chi connectivity index (χ2n) is 16.8. The van der Waals surface area contributed by atoms with Gasteiger partial charge in [-0.2, -0.15) is 0 Å². The smallest absolute Gasteiger partial charge is 0.246 e. The monoisotopic (exact) mass is 757 g/mol. The summed E-state index contributed by atoms with van der Waals surface area (Å²) in [5, 5.41) is 3.15. The number of hydrogen-bond donors (Lipinski definition) is 2. The predicted molar refractivity (Wildman–Crippen MR) is 238 cm³/mol. The van der Waals surface area contributed by atoms with E-state index in [-0.39, 0.29) is 11.8 Å². The van der Waals surface area contributed by atoms with E-state index in [2.05, 4.69) is 61.6 Å². The number of hydrogen-bond acceptors (Lipinski definition) is 2. The molecule has 5 nitrogen and oxygen atoms in total. The van der Waals surface area contributed by atoms with Gasteiger partial charge >= 0.3 is 0 Å². The minimum Gasteiger partial charge on any atom is -0.326 e. The Labute approximate surface area is 338 Å². The molecule has 0 saturated heterocycles. The lowest BCUT2D eigenvalue weighted by molar-refractivity contribution is -0.764. The van der Waals surface area contributed by atoms with Crippen molar-refractivity contribution in [3.8, 4) is 0 Å². The van der Waals surface area contributed by atoms with Crippen molar-refractivity contribution in [2.45, 2.75) is 219 Å². The number of rotatable bonds is 33. The van der Waals surface area contributed by atoms with Gasteiger partial charge in [0.25, 0.3) is 0 Å². The highest BCUT2D eigenvalue weighted by atomic mass is 16.2. The Morgan fingerprint density at radius 2 is 0.982 bits per heavy atom. The number of benzene rings is 1. The molecule has 1 unspecified atom stereocenters. The van der Waals surface area contributed by atoms with Gasteiger partial charge in [-0.05, 0) is 43.2 Å². The highest BCUT2D eigenvalue weighted by Gasteiger charge is 2.27. The molecule has 0 aromatic heterocycles. The summed E-state index contributed by atoms with van der Waals surface area (Å²) in [4.78, 5) is 31.2. The lowest BCUT2D eigenvalue weighted by Crippen LogP contribution is -3.02. The average molecular weight is 757 g/mol. The molecule has 2 aliphatic rings. The summed E-state index contributed by atoms with van der Waals surface area (Å²) in [6.45, 7) is 4.57. The quantitative estimate of drug-likeness (QED) is 0.0702. The van der Waals surface area contributed by atoms with Crippen molar-refractivity contribution >= 4 is 35.0 Å². The van der Waals surface area contributed by atoms with Crippen LogP contribution in [0.5, 0.6) is 0 Å². The molecule has 0 bridgehead atoms. The molecule has 5 heteroatoms. The number of aliphatic imine (C=N–C) groups is 1. The molecule has 308 valence electrons. The van der Waals surface area contributed by atoms with Crippen molar-refractivity contribution in [1.82, 2.24) is 0 Å². The van der Waals surface area contributed by atoms with Crippen LogP contribution in [0.15, 0.2) is 52.7 Å². The maximum absolute atomic E-state index is 12.8. The average Bonchev–Trinajstić information content (AvgIpc) is 3.18. The van der Waals surface area contributed by atoms with E-state index in [1.807, 2.05) is 12.1 Å². The van der Waals surface area contributed by atoms with Crippen LogP contribution < -0.4 is 10.2 Å². The summed E-state index contributed by atoms with van der Waals surface area (Å²) >= 11 is 0. The molecule has 0 fully saturated rings. The molecule has 2 N–H and O–H groups in total. The van der Waals surface area contributed by atoms with Gasteiger partial charge < -0.3 is 5.32 Å². The minimum absolute atomic E-state index is 0.0217. The molecule has 55 heavy (non-hydrogen) atoms. The summed E-state index contributed by atoms with van der Waals surface area (Å²) in [7, 11) is 2.13. The van der Waals surface area contributed by atoms with Gasteiger partial charge in [-0.3, -0.25) is 14.5 Å². The van der Waals surface area contributed by atoms with Gasteiger partial charge in [-0.1, -0.05) is 194 Å². The number of fused-ring (bicyclic) bond motifs is 2. The van der Waals surface area contributed by atoms with Crippen molar-refractivity contribution in [3.05, 3.63) is 53.3 Å². The molecule has 3 rings (SSSR count). The molecule has 1 atom stereocenters. The zero-order valence-corrected chi connectivity index (χ0v) is 35.9. The second-order valence-corrected chi connectivity index (χ2v) is 16.8. The zero-order chi connectivity index (χ0) is 39.2. The molecule has 1 heterocycles. The fourth-order valence-electron chi connectivity index (χ4n) is 8.19. The molecular weight excluding hydrogens is 675 g/mol. The highest BCUT2D eigenvalue weighted by molar-refractivity contribution is 6.11. The number of unbranched alkanes of at least 4 members (excludes halogenated alkanes) is 28. The fraction of sp³-hybridized carbons (Fsp3) is 0.700. The summed E-state index contributed by atoms with van der Waals surface area (Å²) in [5.74, 6) is 0.0766. The van der Waals surface area contributed by atoms with Gasteiger partial charge in [0.15, 0.2) is 0 Å². The molecule has 1 aromatic rings. The Morgan fingerprint density at radius 3 is 1.45 bits per heavy atom. The van der Waals surface area contributed by atoms with Crippen LogP contribution in [0.3, 0.4) is 0 Å². The molecule has 1 aliphatic heterocycles. The van der Waals surface area contributed by atoms with Crippen LogP contribution in [0.2, 0.25) is 0 Å². The van der Waals surface area contributed by atoms with E-state index in [4.69, 9.17) is 0 Å². The number of anilines is 1. The standard InChI is InChI=1S/C50H81N3O2/c1-4-6-8-10-12-14-16-18-20-22-24-26-28-30-32-34-49(54)51-45-38-36-43-40-44-37-39-46(42-48(44)53(3)47(43)41-45)52-50(55)35-33-31-29-27-25-23-21-19-17-15-13-11-9-7-5-2/h36-42H,4-35H2,1-3H3,(H,51,54)/p+1. The molecular formula is C50H82N3O2+. The van der Waals surface area contributed by atoms with E-state index in [1.54, 1.807) is 0 Å². The number of quaternary nitrogens is 1. The third kappa shape index (κ3) is 20.8. The number of amides is 2. The first-order valence-electron chi connectivity index (χ1n) is 23.5. The van der Waals surface area contributed by atoms with Crippen LogP contribution in [0, 0.1) is 0 Å². The van der Waals surface area contributed by atoms with Gasteiger partial charge in [0.05, 0.1) is 12.8 Å². The second kappa shape index (κ2) is 30.4. The van der Waals surface area contributed by atoms with Gasteiger partial charge in [-0.25, -0.2) is 4.99 Å². The van der Waals surface area contributed by atoms with E-state index in [0.717, 1.165) is 64.5 Å². The molecule has 0 spiro atoms. The normalized spacial score (nSPS) is 15.5. The molecule has 0 radical (unpaired) electrons. The van der Waals surface area contributed by atoms with Crippen LogP contribution in [-0.2, 0) is 9.59 Å². The van der Waals surface area contributed by atoms with Crippen LogP contribution in [0.1, 0.15) is 225 Å². The zero-order valence-electron chi connectivity index (χ0n) is 35.9. The lowest BCUT2D eigenvalue weighted by Gasteiger charge is -2.26. The van der Waals surface area contributed by atoms with Gasteiger partial charge in [-0.15, -0.1) is 0 Å². The minimum atomic E-state index is -0.0217. The van der Waals surface area contributed by atoms with E-state index < -0.39 is 0 Å². The Morgan fingerprint density at radius 1 is 0.545 bits per heavy atom. The van der Waals surface area contributed by atoms with Crippen molar-refractivity contribution in [2.75, 3.05) is 12.4 Å². The Hall–Kier alpha value is -2.79. The maximum atomic E-state index is 12.8. The predicted octanol–water partition coefficient (Wildman–Crippen LogP) is 14.1. The Balaban J connectivity index is 1.26. The largest absolute Gasteiger partial charge is 0.326 e. The number of carbonyl (C=O) groups excluding carboxylic acids is 2. The van der Waals surface area contributed by atoms with Crippen LogP contribution in [0.25, 0.3) is 6.08 Å². The molecule has 1 aromatic carbocycles. The Kier molecular flexibility index (Phi) is 25.7. The van der Waals surface area contributed by atoms with Crippen LogP contribution >= 0.6 is 0 Å². The SMILES string of the molecule is CCCCCCCCCCCCCCCCCC(=O)N=C1C=CC2=Cc3ccc(NC(=O)CCCCCCCCCCCCCCCCC)cc3[NH+](C)C2=C1. The Bertz CT molecular complexity index is 1340. The topological polar surface area (TPSA) is 63.0 Å². The van der Waals surface area contributed by atoms with E-state index in [9.17, 15) is 9.59 Å². The number of nitrogens with one attached hydrogen (secondary N) is 2. The third-order valence-electron chi connectivity index (χ3n) is 11.7.